The molecule has 1 aromatic heterocycles. The Morgan fingerprint density at radius 1 is 1.29 bits per heavy atom. The van der Waals surface area contributed by atoms with Crippen molar-refractivity contribution in [1.29, 1.82) is 0 Å². The molecule has 0 spiro atoms. The number of carbonyl (C=O) groups is 1. The molecule has 1 N–H and O–H groups in total. The summed E-state index contributed by atoms with van der Waals surface area (Å²) in [6, 6.07) is 8.39. The highest BCUT2D eigenvalue weighted by Gasteiger charge is 2.24. The fourth-order valence-corrected chi connectivity index (χ4v) is 2.58. The summed E-state index contributed by atoms with van der Waals surface area (Å²) in [4.78, 5) is 18.0. The number of nitrogens with one attached hydrogen (secondary N) is 1. The SMILES string of the molecule is CNc1cc(CN2C(=O)CCc3ccc(F)cc32)ccn1. The molecule has 0 atom stereocenters. The van der Waals surface area contributed by atoms with Crippen LogP contribution < -0.4 is 10.2 Å². The Morgan fingerprint density at radius 3 is 2.95 bits per heavy atom. The smallest absolute Gasteiger partial charge is 0.227 e. The van der Waals surface area contributed by atoms with Gasteiger partial charge in [0.2, 0.25) is 5.91 Å². The van der Waals surface area contributed by atoms with Crippen molar-refractivity contribution in [3.63, 3.8) is 0 Å². The van der Waals surface area contributed by atoms with Crippen LogP contribution in [-0.4, -0.2) is 17.9 Å². The molecule has 2 aromatic rings. The zero-order valence-electron chi connectivity index (χ0n) is 11.8. The minimum atomic E-state index is -0.320. The number of hydrogen-bond acceptors (Lipinski definition) is 3. The summed E-state index contributed by atoms with van der Waals surface area (Å²) in [6.45, 7) is 0.423. The fourth-order valence-electron chi connectivity index (χ4n) is 2.58. The lowest BCUT2D eigenvalue weighted by atomic mass is 10.0. The predicted octanol–water partition coefficient (Wildman–Crippen LogP) is 2.74. The Balaban J connectivity index is 1.94. The van der Waals surface area contributed by atoms with Crippen LogP contribution in [0, 0.1) is 5.82 Å². The number of benzene rings is 1. The Kier molecular flexibility index (Phi) is 3.56. The van der Waals surface area contributed by atoms with Crippen molar-refractivity contribution < 1.29 is 9.18 Å². The third-order valence-electron chi connectivity index (χ3n) is 3.67. The van der Waals surface area contributed by atoms with Gasteiger partial charge in [-0.25, -0.2) is 9.37 Å². The van der Waals surface area contributed by atoms with Gasteiger partial charge in [-0.05, 0) is 41.8 Å². The topological polar surface area (TPSA) is 45.2 Å². The minimum Gasteiger partial charge on any atom is -0.373 e. The standard InChI is InChI=1S/C16H16FN3O/c1-18-15-8-11(6-7-19-15)10-20-14-9-13(17)4-2-12(14)3-5-16(20)21/h2,4,6-9H,3,5,10H2,1H3,(H,18,19). The summed E-state index contributed by atoms with van der Waals surface area (Å²) >= 11 is 0. The molecule has 0 saturated heterocycles. The first kappa shape index (κ1) is 13.5. The molecular weight excluding hydrogens is 269 g/mol. The third-order valence-corrected chi connectivity index (χ3v) is 3.67. The van der Waals surface area contributed by atoms with Crippen molar-refractivity contribution in [1.82, 2.24) is 4.98 Å². The van der Waals surface area contributed by atoms with Gasteiger partial charge in [0.05, 0.1) is 12.2 Å². The van der Waals surface area contributed by atoms with E-state index in [4.69, 9.17) is 0 Å². The summed E-state index contributed by atoms with van der Waals surface area (Å²) in [7, 11) is 1.79. The van der Waals surface area contributed by atoms with Crippen LogP contribution in [-0.2, 0) is 17.8 Å². The van der Waals surface area contributed by atoms with Crippen molar-refractivity contribution in [2.75, 3.05) is 17.3 Å². The molecule has 0 unspecified atom stereocenters. The van der Waals surface area contributed by atoms with Crippen molar-refractivity contribution in [3.05, 3.63) is 53.5 Å². The predicted molar refractivity (Wildman–Crippen MR) is 79.7 cm³/mol. The maximum absolute atomic E-state index is 13.5. The van der Waals surface area contributed by atoms with Gasteiger partial charge in [0.25, 0.3) is 0 Å². The highest BCUT2D eigenvalue weighted by Crippen LogP contribution is 2.30. The van der Waals surface area contributed by atoms with Crippen LogP contribution in [0.25, 0.3) is 0 Å². The van der Waals surface area contributed by atoms with Gasteiger partial charge in [0.15, 0.2) is 0 Å². The molecule has 1 aliphatic heterocycles. The molecule has 4 nitrogen and oxygen atoms in total. The van der Waals surface area contributed by atoms with E-state index in [9.17, 15) is 9.18 Å². The fraction of sp³-hybridized carbons (Fsp3) is 0.250. The average molecular weight is 285 g/mol. The summed E-state index contributed by atoms with van der Waals surface area (Å²) in [6.07, 6.45) is 2.83. The average Bonchev–Trinajstić information content (AvgIpc) is 2.50. The quantitative estimate of drug-likeness (QED) is 0.943. The number of fused-ring (bicyclic) bond motifs is 1. The molecule has 1 amide bonds. The van der Waals surface area contributed by atoms with Gasteiger partial charge >= 0.3 is 0 Å². The zero-order chi connectivity index (χ0) is 14.8. The zero-order valence-corrected chi connectivity index (χ0v) is 11.8. The summed E-state index contributed by atoms with van der Waals surface area (Å²) < 4.78 is 13.5. The van der Waals surface area contributed by atoms with E-state index >= 15 is 0 Å². The van der Waals surface area contributed by atoms with E-state index in [1.807, 2.05) is 12.1 Å². The maximum atomic E-state index is 13.5. The Bertz CT molecular complexity index is 687. The van der Waals surface area contributed by atoms with Gasteiger partial charge in [-0.15, -0.1) is 0 Å². The van der Waals surface area contributed by atoms with Crippen molar-refractivity contribution in [2.45, 2.75) is 19.4 Å². The van der Waals surface area contributed by atoms with Crippen LogP contribution in [0.1, 0.15) is 17.5 Å². The van der Waals surface area contributed by atoms with E-state index in [0.29, 0.717) is 25.1 Å². The molecule has 0 aliphatic carbocycles. The molecule has 1 aliphatic rings. The third kappa shape index (κ3) is 2.72. The van der Waals surface area contributed by atoms with Crippen LogP contribution in [0.3, 0.4) is 0 Å². The van der Waals surface area contributed by atoms with Crippen molar-refractivity contribution >= 4 is 17.4 Å². The van der Waals surface area contributed by atoms with E-state index in [1.54, 1.807) is 24.2 Å². The molecule has 2 heterocycles. The van der Waals surface area contributed by atoms with Crippen LogP contribution in [0.5, 0.6) is 0 Å². The second-order valence-electron chi connectivity index (χ2n) is 5.05. The van der Waals surface area contributed by atoms with Crippen molar-refractivity contribution in [3.8, 4) is 0 Å². The largest absolute Gasteiger partial charge is 0.373 e. The normalized spacial score (nSPS) is 14.0. The van der Waals surface area contributed by atoms with Gasteiger partial charge in [-0.3, -0.25) is 4.79 Å². The maximum Gasteiger partial charge on any atom is 0.227 e. The molecule has 3 rings (SSSR count). The summed E-state index contributed by atoms with van der Waals surface area (Å²) in [5.74, 6) is 0.450. The monoisotopic (exact) mass is 285 g/mol. The van der Waals surface area contributed by atoms with Crippen molar-refractivity contribution in [2.24, 2.45) is 0 Å². The van der Waals surface area contributed by atoms with Crippen LogP contribution in [0.2, 0.25) is 0 Å². The number of carbonyl (C=O) groups excluding carboxylic acids is 1. The van der Waals surface area contributed by atoms with E-state index in [2.05, 4.69) is 10.3 Å². The Labute approximate surface area is 122 Å². The number of aromatic nitrogens is 1. The number of aryl methyl sites for hydroxylation is 1. The first-order chi connectivity index (χ1) is 10.2. The van der Waals surface area contributed by atoms with E-state index in [0.717, 1.165) is 16.9 Å². The first-order valence-electron chi connectivity index (χ1n) is 6.89. The molecule has 0 saturated carbocycles. The molecule has 0 fully saturated rings. The van der Waals surface area contributed by atoms with Crippen LogP contribution in [0.4, 0.5) is 15.9 Å². The minimum absolute atomic E-state index is 0.0240. The van der Waals surface area contributed by atoms with Gasteiger partial charge in [-0.1, -0.05) is 6.07 Å². The van der Waals surface area contributed by atoms with Crippen LogP contribution in [0.15, 0.2) is 36.5 Å². The number of nitrogens with zero attached hydrogens (tertiary/aromatic N) is 2. The molecule has 21 heavy (non-hydrogen) atoms. The van der Waals surface area contributed by atoms with E-state index < -0.39 is 0 Å². The number of halogens is 1. The summed E-state index contributed by atoms with van der Waals surface area (Å²) in [5, 5.41) is 2.97. The lowest BCUT2D eigenvalue weighted by Gasteiger charge is -2.29. The second-order valence-corrected chi connectivity index (χ2v) is 5.05. The Hall–Kier alpha value is -2.43. The van der Waals surface area contributed by atoms with Gasteiger partial charge in [-0.2, -0.15) is 0 Å². The van der Waals surface area contributed by atoms with Gasteiger partial charge in [0.1, 0.15) is 11.6 Å². The molecule has 0 radical (unpaired) electrons. The second kappa shape index (κ2) is 5.52. The number of hydrogen-bond donors (Lipinski definition) is 1. The summed E-state index contributed by atoms with van der Waals surface area (Å²) in [5.41, 5.74) is 2.65. The lowest BCUT2D eigenvalue weighted by molar-refractivity contribution is -0.119. The Morgan fingerprint density at radius 2 is 2.14 bits per heavy atom. The molecule has 5 heteroatoms. The highest BCUT2D eigenvalue weighted by atomic mass is 19.1. The number of rotatable bonds is 3. The van der Waals surface area contributed by atoms with Gasteiger partial charge in [0, 0.05) is 19.7 Å². The number of anilines is 2. The molecular formula is C16H16FN3O. The number of pyridine rings is 1. The van der Waals surface area contributed by atoms with Gasteiger partial charge < -0.3 is 10.2 Å². The molecule has 108 valence electrons. The highest BCUT2D eigenvalue weighted by molar-refractivity contribution is 5.96. The molecule has 1 aromatic carbocycles. The first-order valence-corrected chi connectivity index (χ1v) is 6.89. The van der Waals surface area contributed by atoms with E-state index in [-0.39, 0.29) is 11.7 Å². The van der Waals surface area contributed by atoms with Crippen LogP contribution >= 0.6 is 0 Å². The lowest BCUT2D eigenvalue weighted by Crippen LogP contribution is -2.34. The number of amides is 1. The van der Waals surface area contributed by atoms with E-state index in [1.165, 1.54) is 12.1 Å². The molecule has 0 bridgehead atoms.